The van der Waals surface area contributed by atoms with Gasteiger partial charge in [-0.05, 0) is 41.0 Å². The molecule has 0 saturated carbocycles. The van der Waals surface area contributed by atoms with Gasteiger partial charge in [0, 0.05) is 12.1 Å². The highest BCUT2D eigenvalue weighted by atomic mass is 19.3. The first-order chi connectivity index (χ1) is 7.18. The summed E-state index contributed by atoms with van der Waals surface area (Å²) < 4.78 is 25.9. The third-order valence-corrected chi connectivity index (χ3v) is 3.05. The van der Waals surface area contributed by atoms with E-state index in [1.54, 1.807) is 6.92 Å². The van der Waals surface area contributed by atoms with Gasteiger partial charge in [-0.25, -0.2) is 8.78 Å². The van der Waals surface area contributed by atoms with Crippen LogP contribution in [0.1, 0.15) is 48.0 Å². The van der Waals surface area contributed by atoms with Crippen LogP contribution < -0.4 is 0 Å². The van der Waals surface area contributed by atoms with Crippen molar-refractivity contribution in [1.82, 2.24) is 4.90 Å². The van der Waals surface area contributed by atoms with Crippen LogP contribution in [0.2, 0.25) is 0 Å². The van der Waals surface area contributed by atoms with Crippen molar-refractivity contribution < 1.29 is 13.6 Å². The lowest BCUT2D eigenvalue weighted by atomic mass is 9.85. The molecule has 0 aliphatic rings. The quantitative estimate of drug-likeness (QED) is 0.716. The van der Waals surface area contributed by atoms with Gasteiger partial charge in [0.15, 0.2) is 0 Å². The van der Waals surface area contributed by atoms with Gasteiger partial charge >= 0.3 is 0 Å². The largest absolute Gasteiger partial charge is 0.337 e. The molecule has 0 radical (unpaired) electrons. The highest BCUT2D eigenvalue weighted by Gasteiger charge is 2.44. The zero-order valence-corrected chi connectivity index (χ0v) is 11.1. The van der Waals surface area contributed by atoms with Crippen molar-refractivity contribution in [1.29, 1.82) is 0 Å². The van der Waals surface area contributed by atoms with Gasteiger partial charge in [-0.2, -0.15) is 0 Å². The number of carbonyl (C=O) groups is 1. The summed E-state index contributed by atoms with van der Waals surface area (Å²) in [7, 11) is 0. The molecule has 1 unspecified atom stereocenters. The Hall–Kier alpha value is -0.670. The maximum absolute atomic E-state index is 13.0. The average Bonchev–Trinajstić information content (AvgIpc) is 2.14. The van der Waals surface area contributed by atoms with Crippen molar-refractivity contribution in [3.8, 4) is 0 Å². The van der Waals surface area contributed by atoms with Crippen molar-refractivity contribution in [2.75, 3.05) is 0 Å². The van der Waals surface area contributed by atoms with Crippen LogP contribution in [-0.4, -0.2) is 29.3 Å². The molecular weight excluding hydrogens is 212 g/mol. The number of carbonyl (C=O) groups excluding carboxylic acids is 1. The second-order valence-electron chi connectivity index (χ2n) is 4.97. The molecule has 0 bridgehead atoms. The first-order valence-electron chi connectivity index (χ1n) is 5.79. The van der Waals surface area contributed by atoms with E-state index in [0.29, 0.717) is 0 Å². The summed E-state index contributed by atoms with van der Waals surface area (Å²) in [6, 6.07) is -0.116. The minimum atomic E-state index is -2.62. The van der Waals surface area contributed by atoms with E-state index in [1.165, 1.54) is 11.8 Å². The van der Waals surface area contributed by atoms with Crippen LogP contribution in [0.4, 0.5) is 8.78 Å². The van der Waals surface area contributed by atoms with Crippen molar-refractivity contribution in [3.05, 3.63) is 0 Å². The lowest BCUT2D eigenvalue weighted by Crippen LogP contribution is -2.51. The zero-order chi connectivity index (χ0) is 13.1. The van der Waals surface area contributed by atoms with Crippen LogP contribution in [0, 0.1) is 5.41 Å². The van der Waals surface area contributed by atoms with Crippen LogP contribution in [0.3, 0.4) is 0 Å². The Morgan fingerprint density at radius 3 is 1.75 bits per heavy atom. The fraction of sp³-hybridized carbons (Fsp3) is 0.917. The van der Waals surface area contributed by atoms with Crippen LogP contribution in [-0.2, 0) is 4.79 Å². The summed E-state index contributed by atoms with van der Waals surface area (Å²) in [6.07, 6.45) is -2.47. The van der Waals surface area contributed by atoms with Crippen molar-refractivity contribution in [2.24, 2.45) is 5.41 Å². The fourth-order valence-electron chi connectivity index (χ4n) is 1.76. The molecule has 0 N–H and O–H groups in total. The van der Waals surface area contributed by atoms with Crippen molar-refractivity contribution in [3.63, 3.8) is 0 Å². The fourth-order valence-corrected chi connectivity index (χ4v) is 1.76. The first kappa shape index (κ1) is 15.3. The normalized spacial score (nSPS) is 15.7. The SMILES string of the molecule is CCC(C)(C(=O)N(C(C)C)C(C)C)C(F)F. The highest BCUT2D eigenvalue weighted by Crippen LogP contribution is 2.33. The smallest absolute Gasteiger partial charge is 0.252 e. The molecule has 0 aromatic rings. The van der Waals surface area contributed by atoms with E-state index in [1.807, 2.05) is 27.7 Å². The summed E-state index contributed by atoms with van der Waals surface area (Å²) >= 11 is 0. The number of nitrogens with zero attached hydrogens (tertiary/aromatic N) is 1. The molecule has 0 saturated heterocycles. The van der Waals surface area contributed by atoms with E-state index < -0.39 is 17.7 Å². The van der Waals surface area contributed by atoms with Gasteiger partial charge in [-0.15, -0.1) is 0 Å². The molecular formula is C12H23F2NO. The number of amides is 1. The van der Waals surface area contributed by atoms with Gasteiger partial charge in [0.1, 0.15) is 5.41 Å². The Morgan fingerprint density at radius 2 is 1.56 bits per heavy atom. The number of alkyl halides is 2. The Morgan fingerprint density at radius 1 is 1.19 bits per heavy atom. The third kappa shape index (κ3) is 2.92. The number of hydrogen-bond donors (Lipinski definition) is 0. The van der Waals surface area contributed by atoms with Crippen LogP contribution in [0.25, 0.3) is 0 Å². The molecule has 0 aromatic heterocycles. The van der Waals surface area contributed by atoms with Crippen molar-refractivity contribution in [2.45, 2.75) is 66.5 Å². The molecule has 4 heteroatoms. The van der Waals surface area contributed by atoms with E-state index in [0.717, 1.165) is 0 Å². The summed E-state index contributed by atoms with van der Waals surface area (Å²) in [5.74, 6) is -0.449. The minimum absolute atomic E-state index is 0.0582. The maximum Gasteiger partial charge on any atom is 0.252 e. The molecule has 0 aliphatic heterocycles. The molecule has 16 heavy (non-hydrogen) atoms. The molecule has 0 spiro atoms. The maximum atomic E-state index is 13.0. The Balaban J connectivity index is 5.13. The van der Waals surface area contributed by atoms with Gasteiger partial charge < -0.3 is 4.90 Å². The second kappa shape index (κ2) is 5.60. The van der Waals surface area contributed by atoms with Gasteiger partial charge in [0.25, 0.3) is 6.43 Å². The zero-order valence-electron chi connectivity index (χ0n) is 11.1. The minimum Gasteiger partial charge on any atom is -0.337 e. The van der Waals surface area contributed by atoms with Gasteiger partial charge in [0.2, 0.25) is 5.91 Å². The monoisotopic (exact) mass is 235 g/mol. The van der Waals surface area contributed by atoms with E-state index in [9.17, 15) is 13.6 Å². The van der Waals surface area contributed by atoms with Gasteiger partial charge in [-0.1, -0.05) is 6.92 Å². The molecule has 0 aromatic carbocycles. The lowest BCUT2D eigenvalue weighted by Gasteiger charge is -2.38. The molecule has 1 amide bonds. The molecule has 0 heterocycles. The van der Waals surface area contributed by atoms with Gasteiger partial charge in [-0.3, -0.25) is 4.79 Å². The first-order valence-corrected chi connectivity index (χ1v) is 5.79. The average molecular weight is 235 g/mol. The molecule has 2 nitrogen and oxygen atoms in total. The summed E-state index contributed by atoms with van der Waals surface area (Å²) in [6.45, 7) is 10.4. The predicted octanol–water partition coefficient (Wildman–Crippen LogP) is 3.31. The number of halogens is 2. The standard InChI is InChI=1S/C12H23F2NO/c1-7-12(6,10(13)14)11(16)15(8(2)3)9(4)5/h8-10H,7H2,1-6H3. The molecule has 96 valence electrons. The van der Waals surface area contributed by atoms with Crippen LogP contribution in [0.5, 0.6) is 0 Å². The van der Waals surface area contributed by atoms with Crippen molar-refractivity contribution >= 4 is 5.91 Å². The lowest BCUT2D eigenvalue weighted by molar-refractivity contribution is -0.154. The Labute approximate surface area is 97.0 Å². The summed E-state index contributed by atoms with van der Waals surface area (Å²) in [5.41, 5.74) is -1.56. The van der Waals surface area contributed by atoms with Crippen LogP contribution in [0.15, 0.2) is 0 Å². The Bertz CT molecular complexity index is 233. The van der Waals surface area contributed by atoms with E-state index in [2.05, 4.69) is 0 Å². The summed E-state index contributed by atoms with van der Waals surface area (Å²) in [4.78, 5) is 13.7. The third-order valence-electron chi connectivity index (χ3n) is 3.05. The van der Waals surface area contributed by atoms with E-state index in [-0.39, 0.29) is 18.5 Å². The highest BCUT2D eigenvalue weighted by molar-refractivity contribution is 5.83. The second-order valence-corrected chi connectivity index (χ2v) is 4.97. The van der Waals surface area contributed by atoms with Crippen LogP contribution >= 0.6 is 0 Å². The van der Waals surface area contributed by atoms with Gasteiger partial charge in [0.05, 0.1) is 0 Å². The molecule has 0 fully saturated rings. The predicted molar refractivity (Wildman–Crippen MR) is 61.5 cm³/mol. The molecule has 0 rings (SSSR count). The van der Waals surface area contributed by atoms with E-state index in [4.69, 9.17) is 0 Å². The molecule has 0 aliphatic carbocycles. The topological polar surface area (TPSA) is 20.3 Å². The number of rotatable bonds is 5. The number of hydrogen-bond acceptors (Lipinski definition) is 1. The molecule has 1 atom stereocenters. The Kier molecular flexibility index (Phi) is 5.36. The van der Waals surface area contributed by atoms with E-state index >= 15 is 0 Å². The summed E-state index contributed by atoms with van der Waals surface area (Å²) in [5, 5.41) is 0.